The zero-order valence-electron chi connectivity index (χ0n) is 11.0. The lowest BCUT2D eigenvalue weighted by atomic mass is 10.1. The largest absolute Gasteiger partial charge is 0.508 e. The highest BCUT2D eigenvalue weighted by Gasteiger charge is 2.15. The highest BCUT2D eigenvalue weighted by Crippen LogP contribution is 2.21. The van der Waals surface area contributed by atoms with Crippen LogP contribution in [0.2, 0.25) is 0 Å². The Balaban J connectivity index is 2.30. The number of nitro groups is 1. The first-order valence-corrected chi connectivity index (χ1v) is 5.93. The molecule has 0 saturated carbocycles. The molecule has 0 saturated heterocycles. The molecule has 2 aromatic rings. The van der Waals surface area contributed by atoms with Crippen LogP contribution in [0, 0.1) is 22.9 Å². The Morgan fingerprint density at radius 2 is 2.00 bits per heavy atom. The summed E-state index contributed by atoms with van der Waals surface area (Å²) in [6.45, 7) is 1.62. The Morgan fingerprint density at radius 3 is 2.62 bits per heavy atom. The Hall–Kier alpha value is -2.96. The lowest BCUT2D eigenvalue weighted by Crippen LogP contribution is -2.13. The molecular formula is C14H11FN2O4. The molecule has 2 aromatic carbocycles. The Kier molecular flexibility index (Phi) is 3.84. The number of carbonyl (C=O) groups is 1. The molecule has 0 spiro atoms. The second kappa shape index (κ2) is 5.58. The monoisotopic (exact) mass is 290 g/mol. The number of phenolic OH excluding ortho intramolecular Hbond substituents is 1. The standard InChI is InChI=1S/C14H11FN2O4/c1-8-4-9(6-10(5-8)17(20)21)14(19)16-13-3-2-11(18)7-12(13)15/h2-7,18H,1H3,(H,16,19). The molecule has 0 unspecified atom stereocenters. The molecule has 0 bridgehead atoms. The van der Waals surface area contributed by atoms with E-state index in [1.165, 1.54) is 24.3 Å². The number of nitrogens with zero attached hydrogens (tertiary/aromatic N) is 1. The van der Waals surface area contributed by atoms with Gasteiger partial charge in [0.1, 0.15) is 11.6 Å². The van der Waals surface area contributed by atoms with Gasteiger partial charge in [-0.2, -0.15) is 0 Å². The van der Waals surface area contributed by atoms with Crippen molar-refractivity contribution in [3.8, 4) is 5.75 Å². The van der Waals surface area contributed by atoms with Gasteiger partial charge in [-0.15, -0.1) is 0 Å². The summed E-state index contributed by atoms with van der Waals surface area (Å²) in [5.74, 6) is -1.74. The maximum Gasteiger partial charge on any atom is 0.270 e. The molecular weight excluding hydrogens is 279 g/mol. The van der Waals surface area contributed by atoms with Crippen molar-refractivity contribution in [2.75, 3.05) is 5.32 Å². The molecule has 6 nitrogen and oxygen atoms in total. The van der Waals surface area contributed by atoms with Crippen LogP contribution in [0.4, 0.5) is 15.8 Å². The summed E-state index contributed by atoms with van der Waals surface area (Å²) in [7, 11) is 0. The van der Waals surface area contributed by atoms with Crippen LogP contribution >= 0.6 is 0 Å². The number of halogens is 1. The molecule has 0 atom stereocenters. The Labute approximate surface area is 119 Å². The van der Waals surface area contributed by atoms with Crippen molar-refractivity contribution in [1.82, 2.24) is 0 Å². The molecule has 21 heavy (non-hydrogen) atoms. The van der Waals surface area contributed by atoms with Crippen LogP contribution in [0.15, 0.2) is 36.4 Å². The fourth-order valence-electron chi connectivity index (χ4n) is 1.80. The second-order valence-electron chi connectivity index (χ2n) is 4.43. The van der Waals surface area contributed by atoms with Gasteiger partial charge < -0.3 is 10.4 Å². The SMILES string of the molecule is Cc1cc(C(=O)Nc2ccc(O)cc2F)cc([N+](=O)[O-])c1. The third kappa shape index (κ3) is 3.33. The van der Waals surface area contributed by atoms with E-state index in [9.17, 15) is 19.3 Å². The van der Waals surface area contributed by atoms with Gasteiger partial charge in [-0.3, -0.25) is 14.9 Å². The summed E-state index contributed by atoms with van der Waals surface area (Å²) in [6.07, 6.45) is 0. The average Bonchev–Trinajstić information content (AvgIpc) is 2.41. The number of nitrogens with one attached hydrogen (secondary N) is 1. The van der Waals surface area contributed by atoms with Crippen LogP contribution in [0.3, 0.4) is 0 Å². The smallest absolute Gasteiger partial charge is 0.270 e. The molecule has 0 fully saturated rings. The Bertz CT molecular complexity index is 731. The third-order valence-corrected chi connectivity index (χ3v) is 2.74. The fourth-order valence-corrected chi connectivity index (χ4v) is 1.80. The molecule has 2 N–H and O–H groups in total. The normalized spacial score (nSPS) is 10.2. The molecule has 0 aliphatic carbocycles. The zero-order chi connectivity index (χ0) is 15.6. The summed E-state index contributed by atoms with van der Waals surface area (Å²) in [5, 5.41) is 22.2. The lowest BCUT2D eigenvalue weighted by molar-refractivity contribution is -0.384. The highest BCUT2D eigenvalue weighted by molar-refractivity contribution is 6.04. The molecule has 0 radical (unpaired) electrons. The fraction of sp³-hybridized carbons (Fsp3) is 0.0714. The van der Waals surface area contributed by atoms with E-state index in [-0.39, 0.29) is 22.7 Å². The number of carbonyl (C=O) groups excluding carboxylic acids is 1. The number of hydrogen-bond donors (Lipinski definition) is 2. The van der Waals surface area contributed by atoms with Crippen molar-refractivity contribution in [3.63, 3.8) is 0 Å². The van der Waals surface area contributed by atoms with Gasteiger partial charge >= 0.3 is 0 Å². The van der Waals surface area contributed by atoms with Gasteiger partial charge in [0.15, 0.2) is 0 Å². The summed E-state index contributed by atoms with van der Waals surface area (Å²) in [6, 6.07) is 7.18. The van der Waals surface area contributed by atoms with E-state index in [2.05, 4.69) is 5.32 Å². The number of rotatable bonds is 3. The van der Waals surface area contributed by atoms with Gasteiger partial charge in [-0.05, 0) is 30.7 Å². The molecule has 108 valence electrons. The van der Waals surface area contributed by atoms with E-state index < -0.39 is 16.6 Å². The zero-order valence-corrected chi connectivity index (χ0v) is 11.0. The van der Waals surface area contributed by atoms with Crippen LogP contribution in [0.1, 0.15) is 15.9 Å². The van der Waals surface area contributed by atoms with Crippen molar-refractivity contribution in [2.24, 2.45) is 0 Å². The quantitative estimate of drug-likeness (QED) is 0.516. The molecule has 0 heterocycles. The van der Waals surface area contributed by atoms with E-state index in [4.69, 9.17) is 5.11 Å². The third-order valence-electron chi connectivity index (χ3n) is 2.74. The minimum Gasteiger partial charge on any atom is -0.508 e. The average molecular weight is 290 g/mol. The summed E-state index contributed by atoms with van der Waals surface area (Å²) < 4.78 is 13.5. The van der Waals surface area contributed by atoms with E-state index >= 15 is 0 Å². The first-order chi connectivity index (χ1) is 9.86. The van der Waals surface area contributed by atoms with Crippen molar-refractivity contribution in [2.45, 2.75) is 6.92 Å². The van der Waals surface area contributed by atoms with Crippen molar-refractivity contribution >= 4 is 17.3 Å². The number of aryl methyl sites for hydroxylation is 1. The number of amides is 1. The topological polar surface area (TPSA) is 92.5 Å². The van der Waals surface area contributed by atoms with E-state index in [1.54, 1.807) is 6.92 Å². The van der Waals surface area contributed by atoms with Crippen LogP contribution < -0.4 is 5.32 Å². The number of nitro benzene ring substituents is 1. The van der Waals surface area contributed by atoms with Crippen molar-refractivity contribution in [3.05, 3.63) is 63.5 Å². The van der Waals surface area contributed by atoms with Crippen LogP contribution in [0.25, 0.3) is 0 Å². The summed E-state index contributed by atoms with van der Waals surface area (Å²) in [5.41, 5.74) is 0.253. The van der Waals surface area contributed by atoms with Gasteiger partial charge in [0.2, 0.25) is 0 Å². The van der Waals surface area contributed by atoms with Crippen LogP contribution in [-0.2, 0) is 0 Å². The minimum absolute atomic E-state index is 0.0502. The summed E-state index contributed by atoms with van der Waals surface area (Å²) >= 11 is 0. The number of benzene rings is 2. The molecule has 2 rings (SSSR count). The first kappa shape index (κ1) is 14.4. The number of phenols is 1. The van der Waals surface area contributed by atoms with Gasteiger partial charge in [-0.1, -0.05) is 0 Å². The second-order valence-corrected chi connectivity index (χ2v) is 4.43. The lowest BCUT2D eigenvalue weighted by Gasteiger charge is -2.07. The first-order valence-electron chi connectivity index (χ1n) is 5.93. The molecule has 7 heteroatoms. The van der Waals surface area contributed by atoms with Crippen LogP contribution in [-0.4, -0.2) is 15.9 Å². The molecule has 0 aliphatic rings. The maximum absolute atomic E-state index is 13.5. The van der Waals surface area contributed by atoms with Gasteiger partial charge in [0.25, 0.3) is 11.6 Å². The van der Waals surface area contributed by atoms with Gasteiger partial charge in [0, 0.05) is 23.8 Å². The number of aromatic hydroxyl groups is 1. The van der Waals surface area contributed by atoms with Crippen molar-refractivity contribution < 1.29 is 19.2 Å². The van der Waals surface area contributed by atoms with E-state index in [0.29, 0.717) is 5.56 Å². The van der Waals surface area contributed by atoms with E-state index in [1.807, 2.05) is 0 Å². The number of hydrogen-bond acceptors (Lipinski definition) is 4. The summed E-state index contributed by atoms with van der Waals surface area (Å²) in [4.78, 5) is 22.2. The van der Waals surface area contributed by atoms with Gasteiger partial charge in [0.05, 0.1) is 10.6 Å². The predicted octanol–water partition coefficient (Wildman–Crippen LogP) is 3.00. The van der Waals surface area contributed by atoms with Gasteiger partial charge in [-0.25, -0.2) is 4.39 Å². The van der Waals surface area contributed by atoms with Crippen LogP contribution in [0.5, 0.6) is 5.75 Å². The number of non-ortho nitro benzene ring substituents is 1. The van der Waals surface area contributed by atoms with E-state index in [0.717, 1.165) is 12.1 Å². The number of anilines is 1. The Morgan fingerprint density at radius 1 is 1.29 bits per heavy atom. The molecule has 0 aromatic heterocycles. The molecule has 1 amide bonds. The predicted molar refractivity (Wildman–Crippen MR) is 73.9 cm³/mol. The maximum atomic E-state index is 13.5. The highest BCUT2D eigenvalue weighted by atomic mass is 19.1. The minimum atomic E-state index is -0.800. The molecule has 0 aliphatic heterocycles. The van der Waals surface area contributed by atoms with Crippen molar-refractivity contribution in [1.29, 1.82) is 0 Å².